The maximum Gasteiger partial charge on any atom is 0.311 e. The lowest BCUT2D eigenvalue weighted by molar-refractivity contribution is -0.385. The van der Waals surface area contributed by atoms with Gasteiger partial charge >= 0.3 is 5.69 Å². The highest BCUT2D eigenvalue weighted by molar-refractivity contribution is 6.09. The molecule has 3 rings (SSSR count). The van der Waals surface area contributed by atoms with Gasteiger partial charge in [-0.2, -0.15) is 0 Å². The lowest BCUT2D eigenvalue weighted by Gasteiger charge is -2.14. The summed E-state index contributed by atoms with van der Waals surface area (Å²) in [5.74, 6) is -0.854. The lowest BCUT2D eigenvalue weighted by Crippen LogP contribution is -2.32. The smallest absolute Gasteiger partial charge is 0.311 e. The zero-order valence-electron chi connectivity index (χ0n) is 15.8. The first kappa shape index (κ1) is 20.3. The van der Waals surface area contributed by atoms with E-state index >= 15 is 0 Å². The largest absolute Gasteiger partial charge is 0.490 e. The molecule has 0 aromatic heterocycles. The molecule has 1 heterocycles. The molecule has 0 radical (unpaired) electrons. The monoisotopic (exact) mass is 399 g/mol. The summed E-state index contributed by atoms with van der Waals surface area (Å²) in [6.45, 7) is 1.09. The van der Waals surface area contributed by atoms with Gasteiger partial charge in [0.1, 0.15) is 0 Å². The van der Waals surface area contributed by atoms with Gasteiger partial charge in [-0.15, -0.1) is 0 Å². The molecule has 1 saturated heterocycles. The van der Waals surface area contributed by atoms with Crippen LogP contribution >= 0.6 is 0 Å². The summed E-state index contributed by atoms with van der Waals surface area (Å²) in [5, 5.41) is 16.6. The van der Waals surface area contributed by atoms with Gasteiger partial charge in [-0.05, 0) is 37.1 Å². The van der Waals surface area contributed by atoms with E-state index in [0.29, 0.717) is 24.4 Å². The number of nitrogens with one attached hydrogen (secondary N) is 2. The molecule has 1 aliphatic heterocycles. The van der Waals surface area contributed by atoms with Gasteiger partial charge in [-0.3, -0.25) is 19.7 Å². The van der Waals surface area contributed by atoms with Crippen molar-refractivity contribution in [3.8, 4) is 5.75 Å². The van der Waals surface area contributed by atoms with Crippen LogP contribution in [0.25, 0.3) is 0 Å². The molecule has 152 valence electrons. The Morgan fingerprint density at radius 1 is 1.24 bits per heavy atom. The van der Waals surface area contributed by atoms with Crippen LogP contribution in [0.1, 0.15) is 33.6 Å². The van der Waals surface area contributed by atoms with E-state index < -0.39 is 10.8 Å². The molecule has 0 unspecified atom stereocenters. The first-order chi connectivity index (χ1) is 14.0. The number of anilines is 1. The van der Waals surface area contributed by atoms with E-state index in [2.05, 4.69) is 10.6 Å². The summed E-state index contributed by atoms with van der Waals surface area (Å²) >= 11 is 0. The fourth-order valence-corrected chi connectivity index (χ4v) is 3.07. The number of nitrogens with zero attached hydrogens (tertiary/aromatic N) is 1. The Labute approximate surface area is 167 Å². The topological polar surface area (TPSA) is 120 Å². The van der Waals surface area contributed by atoms with Crippen molar-refractivity contribution >= 4 is 23.2 Å². The summed E-state index contributed by atoms with van der Waals surface area (Å²) in [6, 6.07) is 10.5. The molecule has 1 aliphatic rings. The van der Waals surface area contributed by atoms with Crippen molar-refractivity contribution < 1.29 is 24.0 Å². The molecule has 9 heteroatoms. The van der Waals surface area contributed by atoms with Gasteiger partial charge in [0.15, 0.2) is 5.75 Å². The molecule has 2 aromatic rings. The van der Waals surface area contributed by atoms with Crippen molar-refractivity contribution in [2.75, 3.05) is 25.6 Å². The zero-order valence-corrected chi connectivity index (χ0v) is 15.8. The van der Waals surface area contributed by atoms with Gasteiger partial charge in [0.25, 0.3) is 11.8 Å². The summed E-state index contributed by atoms with van der Waals surface area (Å²) in [4.78, 5) is 35.7. The summed E-state index contributed by atoms with van der Waals surface area (Å²) < 4.78 is 10.4. The van der Waals surface area contributed by atoms with Crippen molar-refractivity contribution in [2.45, 2.75) is 18.9 Å². The second-order valence-electron chi connectivity index (χ2n) is 6.49. The molecule has 29 heavy (non-hydrogen) atoms. The molecular formula is C20H21N3O6. The Bertz CT molecular complexity index is 924. The van der Waals surface area contributed by atoms with Crippen molar-refractivity contribution in [2.24, 2.45) is 0 Å². The number of nitro groups is 1. The fourth-order valence-electron chi connectivity index (χ4n) is 3.07. The molecule has 0 bridgehead atoms. The third-order valence-corrected chi connectivity index (χ3v) is 4.57. The Kier molecular flexibility index (Phi) is 6.40. The average Bonchev–Trinajstić information content (AvgIpc) is 3.25. The third-order valence-electron chi connectivity index (χ3n) is 4.57. The van der Waals surface area contributed by atoms with Crippen LogP contribution in [0, 0.1) is 10.1 Å². The minimum atomic E-state index is -0.623. The number of nitro benzene ring substituents is 1. The van der Waals surface area contributed by atoms with E-state index in [0.717, 1.165) is 18.9 Å². The summed E-state index contributed by atoms with van der Waals surface area (Å²) in [5.41, 5.74) is 0.359. The maximum absolute atomic E-state index is 12.6. The van der Waals surface area contributed by atoms with Gasteiger partial charge in [0, 0.05) is 24.8 Å². The van der Waals surface area contributed by atoms with Gasteiger partial charge in [0.05, 0.1) is 29.4 Å². The normalized spacial score (nSPS) is 15.6. The minimum absolute atomic E-state index is 0.000511. The van der Waals surface area contributed by atoms with Crippen LogP contribution in [-0.4, -0.2) is 43.1 Å². The Morgan fingerprint density at radius 3 is 2.72 bits per heavy atom. The van der Waals surface area contributed by atoms with Gasteiger partial charge in [-0.25, -0.2) is 0 Å². The van der Waals surface area contributed by atoms with Crippen LogP contribution in [0.15, 0.2) is 42.5 Å². The predicted octanol–water partition coefficient (Wildman–Crippen LogP) is 2.76. The number of benzene rings is 2. The quantitative estimate of drug-likeness (QED) is 0.546. The summed E-state index contributed by atoms with van der Waals surface area (Å²) in [7, 11) is 1.31. The number of carbonyl (C=O) groups is 2. The predicted molar refractivity (Wildman–Crippen MR) is 105 cm³/mol. The van der Waals surface area contributed by atoms with Crippen LogP contribution < -0.4 is 15.4 Å². The van der Waals surface area contributed by atoms with Crippen LogP contribution in [0.3, 0.4) is 0 Å². The van der Waals surface area contributed by atoms with Crippen molar-refractivity contribution in [1.29, 1.82) is 0 Å². The van der Waals surface area contributed by atoms with E-state index in [1.807, 2.05) is 0 Å². The molecule has 2 aromatic carbocycles. The Morgan fingerprint density at radius 2 is 2.03 bits per heavy atom. The number of para-hydroxylation sites is 1. The number of methoxy groups -OCH3 is 1. The van der Waals surface area contributed by atoms with Crippen molar-refractivity contribution in [3.05, 3.63) is 63.7 Å². The highest BCUT2D eigenvalue weighted by Gasteiger charge is 2.21. The van der Waals surface area contributed by atoms with Crippen molar-refractivity contribution in [1.82, 2.24) is 5.32 Å². The SMILES string of the molecule is COc1ccc(C(=O)Nc2ccccc2C(=O)NC[C@H]2CCCO2)cc1[N+](=O)[O-]. The first-order valence-corrected chi connectivity index (χ1v) is 9.12. The van der Waals surface area contributed by atoms with E-state index in [-0.39, 0.29) is 29.0 Å². The van der Waals surface area contributed by atoms with E-state index in [9.17, 15) is 19.7 Å². The molecule has 1 atom stereocenters. The van der Waals surface area contributed by atoms with Gasteiger partial charge < -0.3 is 20.1 Å². The molecule has 0 spiro atoms. The molecule has 0 saturated carbocycles. The summed E-state index contributed by atoms with van der Waals surface area (Å²) in [6.07, 6.45) is 1.87. The molecular weight excluding hydrogens is 378 g/mol. The van der Waals surface area contributed by atoms with Gasteiger partial charge in [-0.1, -0.05) is 12.1 Å². The number of amides is 2. The van der Waals surface area contributed by atoms with Crippen LogP contribution in [0.2, 0.25) is 0 Å². The second kappa shape index (κ2) is 9.16. The number of carbonyl (C=O) groups excluding carboxylic acids is 2. The minimum Gasteiger partial charge on any atom is -0.490 e. The molecule has 2 N–H and O–H groups in total. The molecule has 1 fully saturated rings. The standard InChI is InChI=1S/C20H21N3O6/c1-28-18-9-8-13(11-17(18)23(26)27)19(24)22-16-7-3-2-6-15(16)20(25)21-12-14-5-4-10-29-14/h2-3,6-9,11,14H,4-5,10,12H2,1H3,(H,21,25)(H,22,24)/t14-/m1/s1. The number of ether oxygens (including phenoxy) is 2. The molecule has 9 nitrogen and oxygen atoms in total. The first-order valence-electron chi connectivity index (χ1n) is 9.12. The Balaban J connectivity index is 1.74. The molecule has 0 aliphatic carbocycles. The van der Waals surface area contributed by atoms with Crippen LogP contribution in [0.4, 0.5) is 11.4 Å². The van der Waals surface area contributed by atoms with Crippen molar-refractivity contribution in [3.63, 3.8) is 0 Å². The average molecular weight is 399 g/mol. The van der Waals surface area contributed by atoms with Gasteiger partial charge in [0.2, 0.25) is 0 Å². The van der Waals surface area contributed by atoms with E-state index in [1.54, 1.807) is 24.3 Å². The fraction of sp³-hybridized carbons (Fsp3) is 0.300. The lowest BCUT2D eigenvalue weighted by atomic mass is 10.1. The van der Waals surface area contributed by atoms with E-state index in [4.69, 9.17) is 9.47 Å². The van der Waals surface area contributed by atoms with Crippen LogP contribution in [0.5, 0.6) is 5.75 Å². The molecule has 2 amide bonds. The zero-order chi connectivity index (χ0) is 20.8. The highest BCUT2D eigenvalue weighted by Crippen LogP contribution is 2.28. The number of hydrogen-bond acceptors (Lipinski definition) is 6. The third kappa shape index (κ3) is 4.88. The Hall–Kier alpha value is -3.46. The second-order valence-corrected chi connectivity index (χ2v) is 6.49. The maximum atomic E-state index is 12.6. The highest BCUT2D eigenvalue weighted by atomic mass is 16.6. The number of rotatable bonds is 7. The number of hydrogen-bond donors (Lipinski definition) is 2. The van der Waals surface area contributed by atoms with E-state index in [1.165, 1.54) is 19.2 Å². The van der Waals surface area contributed by atoms with Crippen LogP contribution in [-0.2, 0) is 4.74 Å².